The molecule has 2 heterocycles. The molecule has 0 aliphatic carbocycles. The lowest BCUT2D eigenvalue weighted by Crippen LogP contribution is -2.43. The zero-order valence-electron chi connectivity index (χ0n) is 13.5. The van der Waals surface area contributed by atoms with Crippen molar-refractivity contribution in [3.63, 3.8) is 0 Å². The zero-order chi connectivity index (χ0) is 16.4. The fourth-order valence-corrected chi connectivity index (χ4v) is 3.34. The summed E-state index contributed by atoms with van der Waals surface area (Å²) in [6, 6.07) is 9.50. The standard InChI is InChI=1S/C18H22ClN3O/c1-13(2)17-20-10-7-16(21-17)22-11-8-18(23,9-12-22)14-5-3-4-6-15(14)19/h3-7,10,13,23H,8-9,11-12H2,1-2H3. The van der Waals surface area contributed by atoms with Gasteiger partial charge in [-0.25, -0.2) is 9.97 Å². The van der Waals surface area contributed by atoms with E-state index in [1.54, 1.807) is 0 Å². The van der Waals surface area contributed by atoms with Crippen LogP contribution in [0.3, 0.4) is 0 Å². The first-order chi connectivity index (χ1) is 11.0. The molecule has 2 aromatic rings. The topological polar surface area (TPSA) is 49.2 Å². The van der Waals surface area contributed by atoms with Crippen molar-refractivity contribution in [1.29, 1.82) is 0 Å². The molecule has 4 nitrogen and oxygen atoms in total. The van der Waals surface area contributed by atoms with Gasteiger partial charge in [0.15, 0.2) is 0 Å². The first-order valence-electron chi connectivity index (χ1n) is 8.05. The Balaban J connectivity index is 1.76. The number of anilines is 1. The Hall–Kier alpha value is -1.65. The van der Waals surface area contributed by atoms with Crippen LogP contribution in [-0.4, -0.2) is 28.2 Å². The third-order valence-electron chi connectivity index (χ3n) is 4.47. The maximum absolute atomic E-state index is 11.0. The van der Waals surface area contributed by atoms with Crippen molar-refractivity contribution in [2.75, 3.05) is 18.0 Å². The summed E-state index contributed by atoms with van der Waals surface area (Å²) < 4.78 is 0. The van der Waals surface area contributed by atoms with E-state index in [1.165, 1.54) is 0 Å². The summed E-state index contributed by atoms with van der Waals surface area (Å²) in [7, 11) is 0. The lowest BCUT2D eigenvalue weighted by molar-refractivity contribution is 0.0117. The van der Waals surface area contributed by atoms with Crippen LogP contribution in [-0.2, 0) is 5.60 Å². The minimum atomic E-state index is -0.858. The van der Waals surface area contributed by atoms with Gasteiger partial charge < -0.3 is 10.0 Å². The minimum Gasteiger partial charge on any atom is -0.385 e. The van der Waals surface area contributed by atoms with Crippen LogP contribution in [0.25, 0.3) is 0 Å². The fourth-order valence-electron chi connectivity index (χ4n) is 3.03. The molecule has 5 heteroatoms. The predicted molar refractivity (Wildman–Crippen MR) is 92.9 cm³/mol. The highest BCUT2D eigenvalue weighted by atomic mass is 35.5. The van der Waals surface area contributed by atoms with Crippen LogP contribution in [0.4, 0.5) is 5.82 Å². The fraction of sp³-hybridized carbons (Fsp3) is 0.444. The van der Waals surface area contributed by atoms with Gasteiger partial charge in [0.25, 0.3) is 0 Å². The zero-order valence-corrected chi connectivity index (χ0v) is 14.3. The average molecular weight is 332 g/mol. The van der Waals surface area contributed by atoms with Crippen LogP contribution in [0, 0.1) is 0 Å². The lowest BCUT2D eigenvalue weighted by atomic mass is 9.84. The van der Waals surface area contributed by atoms with Crippen molar-refractivity contribution in [2.45, 2.75) is 38.2 Å². The van der Waals surface area contributed by atoms with E-state index < -0.39 is 5.60 Å². The number of aliphatic hydroxyl groups is 1. The molecule has 1 aliphatic heterocycles. The highest BCUT2D eigenvalue weighted by molar-refractivity contribution is 6.31. The van der Waals surface area contributed by atoms with Crippen molar-refractivity contribution in [2.24, 2.45) is 0 Å². The minimum absolute atomic E-state index is 0.305. The van der Waals surface area contributed by atoms with Crippen LogP contribution in [0.15, 0.2) is 36.5 Å². The van der Waals surface area contributed by atoms with Gasteiger partial charge in [-0.2, -0.15) is 0 Å². The van der Waals surface area contributed by atoms with E-state index in [9.17, 15) is 5.11 Å². The number of piperidine rings is 1. The van der Waals surface area contributed by atoms with Gasteiger partial charge >= 0.3 is 0 Å². The van der Waals surface area contributed by atoms with E-state index in [0.717, 1.165) is 30.3 Å². The van der Waals surface area contributed by atoms with Crippen LogP contribution < -0.4 is 4.90 Å². The maximum atomic E-state index is 11.0. The Labute approximate surface area is 142 Å². The Kier molecular flexibility index (Phi) is 4.55. The summed E-state index contributed by atoms with van der Waals surface area (Å²) in [6.07, 6.45) is 3.09. The molecule has 0 radical (unpaired) electrons. The normalized spacial score (nSPS) is 17.5. The predicted octanol–water partition coefficient (Wildman–Crippen LogP) is 3.74. The maximum Gasteiger partial charge on any atom is 0.133 e. The number of aromatic nitrogens is 2. The highest BCUT2D eigenvalue weighted by Crippen LogP contribution is 2.37. The summed E-state index contributed by atoms with van der Waals surface area (Å²) in [5.74, 6) is 2.10. The Bertz CT molecular complexity index is 681. The van der Waals surface area contributed by atoms with E-state index in [4.69, 9.17) is 11.6 Å². The molecule has 1 aromatic carbocycles. The second-order valence-corrected chi connectivity index (χ2v) is 6.83. The van der Waals surface area contributed by atoms with Gasteiger partial charge in [0.05, 0.1) is 5.60 Å². The Morgan fingerprint density at radius 2 is 1.87 bits per heavy atom. The van der Waals surface area contributed by atoms with Gasteiger partial charge in [-0.05, 0) is 25.0 Å². The third-order valence-corrected chi connectivity index (χ3v) is 4.80. The van der Waals surface area contributed by atoms with Gasteiger partial charge in [0, 0.05) is 35.8 Å². The monoisotopic (exact) mass is 331 g/mol. The van der Waals surface area contributed by atoms with Gasteiger partial charge in [0.1, 0.15) is 11.6 Å². The van der Waals surface area contributed by atoms with E-state index in [1.807, 2.05) is 36.5 Å². The van der Waals surface area contributed by atoms with Gasteiger partial charge in [-0.1, -0.05) is 43.6 Å². The van der Waals surface area contributed by atoms with Crippen LogP contribution in [0.5, 0.6) is 0 Å². The molecule has 0 saturated carbocycles. The molecule has 1 saturated heterocycles. The molecule has 1 aromatic heterocycles. The Morgan fingerprint density at radius 3 is 2.52 bits per heavy atom. The van der Waals surface area contributed by atoms with E-state index in [2.05, 4.69) is 28.7 Å². The first-order valence-corrected chi connectivity index (χ1v) is 8.43. The number of nitrogens with zero attached hydrogens (tertiary/aromatic N) is 3. The van der Waals surface area contributed by atoms with Crippen molar-refractivity contribution in [3.8, 4) is 0 Å². The molecule has 1 fully saturated rings. The number of hydrogen-bond acceptors (Lipinski definition) is 4. The molecule has 0 amide bonds. The summed E-state index contributed by atoms with van der Waals surface area (Å²) >= 11 is 6.26. The second kappa shape index (κ2) is 6.46. The van der Waals surface area contributed by atoms with Crippen molar-refractivity contribution < 1.29 is 5.11 Å². The van der Waals surface area contributed by atoms with Crippen molar-refractivity contribution in [3.05, 3.63) is 52.9 Å². The average Bonchev–Trinajstić information content (AvgIpc) is 2.56. The lowest BCUT2D eigenvalue weighted by Gasteiger charge is -2.39. The summed E-state index contributed by atoms with van der Waals surface area (Å²) in [4.78, 5) is 11.2. The molecular formula is C18H22ClN3O. The highest BCUT2D eigenvalue weighted by Gasteiger charge is 2.35. The van der Waals surface area contributed by atoms with Crippen molar-refractivity contribution >= 4 is 17.4 Å². The number of benzene rings is 1. The number of rotatable bonds is 3. The molecule has 0 atom stereocenters. The molecule has 23 heavy (non-hydrogen) atoms. The van der Waals surface area contributed by atoms with E-state index >= 15 is 0 Å². The number of halogens is 1. The molecule has 3 rings (SSSR count). The summed E-state index contributed by atoms with van der Waals surface area (Å²) in [5.41, 5.74) is -0.0326. The SMILES string of the molecule is CC(C)c1nccc(N2CCC(O)(c3ccccc3Cl)CC2)n1. The largest absolute Gasteiger partial charge is 0.385 e. The molecule has 1 aliphatic rings. The molecule has 0 unspecified atom stereocenters. The van der Waals surface area contributed by atoms with Crippen LogP contribution >= 0.6 is 11.6 Å². The smallest absolute Gasteiger partial charge is 0.133 e. The van der Waals surface area contributed by atoms with Crippen molar-refractivity contribution in [1.82, 2.24) is 9.97 Å². The molecular weight excluding hydrogens is 310 g/mol. The van der Waals surface area contributed by atoms with Crippen LogP contribution in [0.2, 0.25) is 5.02 Å². The summed E-state index contributed by atoms with van der Waals surface area (Å²) in [5, 5.41) is 11.6. The van der Waals surface area contributed by atoms with E-state index in [0.29, 0.717) is 23.8 Å². The second-order valence-electron chi connectivity index (χ2n) is 6.43. The van der Waals surface area contributed by atoms with Gasteiger partial charge in [0.2, 0.25) is 0 Å². The first kappa shape index (κ1) is 16.2. The van der Waals surface area contributed by atoms with E-state index in [-0.39, 0.29) is 0 Å². The quantitative estimate of drug-likeness (QED) is 0.930. The Morgan fingerprint density at radius 1 is 1.17 bits per heavy atom. The number of hydrogen-bond donors (Lipinski definition) is 1. The molecule has 0 bridgehead atoms. The molecule has 0 spiro atoms. The van der Waals surface area contributed by atoms with Gasteiger partial charge in [-0.3, -0.25) is 0 Å². The third kappa shape index (κ3) is 3.33. The summed E-state index contributed by atoms with van der Waals surface area (Å²) in [6.45, 7) is 5.67. The van der Waals surface area contributed by atoms with Gasteiger partial charge in [-0.15, -0.1) is 0 Å². The van der Waals surface area contributed by atoms with Crippen LogP contribution in [0.1, 0.15) is 44.0 Å². The molecule has 1 N–H and O–H groups in total. The molecule has 122 valence electrons.